The second-order valence-corrected chi connectivity index (χ2v) is 8.16. The van der Waals surface area contributed by atoms with Gasteiger partial charge in [0, 0.05) is 6.04 Å². The zero-order valence-corrected chi connectivity index (χ0v) is 15.6. The molecule has 1 amide bonds. The van der Waals surface area contributed by atoms with E-state index in [1.807, 2.05) is 39.8 Å². The molecule has 0 saturated carbocycles. The fourth-order valence-corrected chi connectivity index (χ4v) is 3.37. The van der Waals surface area contributed by atoms with Gasteiger partial charge < -0.3 is 5.32 Å². The predicted octanol–water partition coefficient (Wildman–Crippen LogP) is 2.56. The van der Waals surface area contributed by atoms with E-state index in [2.05, 4.69) is 5.32 Å². The number of anilines is 1. The third-order valence-electron chi connectivity index (χ3n) is 4.06. The SMILES string of the molecule is CCc1ccc(N([C@@H](C)C(=O)N[C@H](C)C(C)C)S(C)(=O)=O)cc1. The topological polar surface area (TPSA) is 66.5 Å². The predicted molar refractivity (Wildman–Crippen MR) is 95.0 cm³/mol. The van der Waals surface area contributed by atoms with Crippen molar-refractivity contribution in [2.45, 2.75) is 53.1 Å². The molecule has 0 aliphatic rings. The molecule has 1 N–H and O–H groups in total. The van der Waals surface area contributed by atoms with Gasteiger partial charge in [-0.25, -0.2) is 8.42 Å². The first-order valence-corrected chi connectivity index (χ1v) is 9.81. The Bertz CT molecular complexity index is 624. The maximum atomic E-state index is 12.4. The summed E-state index contributed by atoms with van der Waals surface area (Å²) in [6.45, 7) is 9.57. The van der Waals surface area contributed by atoms with Gasteiger partial charge in [0.05, 0.1) is 11.9 Å². The van der Waals surface area contributed by atoms with Gasteiger partial charge in [-0.05, 0) is 43.9 Å². The number of nitrogens with one attached hydrogen (secondary N) is 1. The summed E-state index contributed by atoms with van der Waals surface area (Å²) in [5.74, 6) is -0.0159. The Morgan fingerprint density at radius 1 is 1.13 bits per heavy atom. The normalized spacial score (nSPS) is 14.4. The summed E-state index contributed by atoms with van der Waals surface area (Å²) < 4.78 is 25.6. The van der Waals surface area contributed by atoms with Crippen molar-refractivity contribution in [1.29, 1.82) is 0 Å². The maximum Gasteiger partial charge on any atom is 0.243 e. The summed E-state index contributed by atoms with van der Waals surface area (Å²) in [6, 6.07) is 6.43. The van der Waals surface area contributed by atoms with Gasteiger partial charge in [0.25, 0.3) is 0 Å². The highest BCUT2D eigenvalue weighted by Gasteiger charge is 2.29. The molecule has 23 heavy (non-hydrogen) atoms. The summed E-state index contributed by atoms with van der Waals surface area (Å²) in [5, 5.41) is 2.88. The van der Waals surface area contributed by atoms with Crippen molar-refractivity contribution in [1.82, 2.24) is 5.32 Å². The Kier molecular flexibility index (Phi) is 6.62. The van der Waals surface area contributed by atoms with Crippen molar-refractivity contribution in [3.63, 3.8) is 0 Å². The molecule has 0 aliphatic carbocycles. The number of aryl methyl sites for hydroxylation is 1. The fourth-order valence-electron chi connectivity index (χ4n) is 2.20. The van der Waals surface area contributed by atoms with Crippen LogP contribution in [0, 0.1) is 5.92 Å². The van der Waals surface area contributed by atoms with Gasteiger partial charge in [-0.2, -0.15) is 0 Å². The molecule has 2 atom stereocenters. The molecule has 0 fully saturated rings. The van der Waals surface area contributed by atoms with Crippen LogP contribution in [0.3, 0.4) is 0 Å². The minimum absolute atomic E-state index is 0.0196. The quantitative estimate of drug-likeness (QED) is 0.829. The van der Waals surface area contributed by atoms with E-state index in [9.17, 15) is 13.2 Å². The Morgan fingerprint density at radius 2 is 1.65 bits per heavy atom. The summed E-state index contributed by atoms with van der Waals surface area (Å²) in [7, 11) is -3.57. The first kappa shape index (κ1) is 19.5. The average Bonchev–Trinajstić information content (AvgIpc) is 2.46. The van der Waals surface area contributed by atoms with Gasteiger partial charge in [0.1, 0.15) is 6.04 Å². The molecule has 5 nitrogen and oxygen atoms in total. The molecule has 0 aromatic heterocycles. The molecular weight excluding hydrogens is 312 g/mol. The summed E-state index contributed by atoms with van der Waals surface area (Å²) >= 11 is 0. The van der Waals surface area contributed by atoms with Gasteiger partial charge in [0.2, 0.25) is 15.9 Å². The molecule has 1 rings (SSSR count). The van der Waals surface area contributed by atoms with E-state index >= 15 is 0 Å². The van der Waals surface area contributed by atoms with Gasteiger partial charge in [-0.15, -0.1) is 0 Å². The van der Waals surface area contributed by atoms with Crippen molar-refractivity contribution in [3.05, 3.63) is 29.8 Å². The number of nitrogens with zero attached hydrogens (tertiary/aromatic N) is 1. The molecule has 0 spiro atoms. The van der Waals surface area contributed by atoms with Crippen molar-refractivity contribution >= 4 is 21.6 Å². The highest BCUT2D eigenvalue weighted by Crippen LogP contribution is 2.22. The zero-order chi connectivity index (χ0) is 17.8. The molecule has 0 heterocycles. The molecule has 0 saturated heterocycles. The highest BCUT2D eigenvalue weighted by atomic mass is 32.2. The van der Waals surface area contributed by atoms with Crippen molar-refractivity contribution in [3.8, 4) is 0 Å². The minimum Gasteiger partial charge on any atom is -0.352 e. The summed E-state index contributed by atoms with van der Waals surface area (Å²) in [4.78, 5) is 12.4. The van der Waals surface area contributed by atoms with E-state index < -0.39 is 16.1 Å². The largest absolute Gasteiger partial charge is 0.352 e. The van der Waals surface area contributed by atoms with E-state index in [1.54, 1.807) is 19.1 Å². The van der Waals surface area contributed by atoms with Crippen molar-refractivity contribution in [2.24, 2.45) is 5.92 Å². The minimum atomic E-state index is -3.57. The van der Waals surface area contributed by atoms with Crippen molar-refractivity contribution in [2.75, 3.05) is 10.6 Å². The van der Waals surface area contributed by atoms with Gasteiger partial charge in [-0.3, -0.25) is 9.10 Å². The lowest BCUT2D eigenvalue weighted by Crippen LogP contribution is -2.50. The van der Waals surface area contributed by atoms with Crippen LogP contribution in [0.15, 0.2) is 24.3 Å². The van der Waals surface area contributed by atoms with Gasteiger partial charge in [-0.1, -0.05) is 32.9 Å². The molecule has 1 aromatic carbocycles. The Balaban J connectivity index is 3.09. The van der Waals surface area contributed by atoms with Crippen LogP contribution >= 0.6 is 0 Å². The molecule has 1 aromatic rings. The van der Waals surface area contributed by atoms with Crippen LogP contribution in [0.25, 0.3) is 0 Å². The standard InChI is InChI=1S/C17H28N2O3S/c1-7-15-8-10-16(11-9-15)19(23(6,21)22)14(5)17(20)18-13(4)12(2)3/h8-14H,7H2,1-6H3,(H,18,20)/t13-,14+/m1/s1. The van der Waals surface area contributed by atoms with E-state index in [4.69, 9.17) is 0 Å². The third-order valence-corrected chi connectivity index (χ3v) is 5.30. The number of hydrogen-bond donors (Lipinski definition) is 1. The molecular formula is C17H28N2O3S. The van der Waals surface area contributed by atoms with E-state index in [0.29, 0.717) is 5.69 Å². The molecule has 0 aliphatic heterocycles. The summed E-state index contributed by atoms with van der Waals surface area (Å²) in [6.07, 6.45) is 2.00. The summed E-state index contributed by atoms with van der Waals surface area (Å²) in [5.41, 5.74) is 1.62. The number of hydrogen-bond acceptors (Lipinski definition) is 3. The second-order valence-electron chi connectivity index (χ2n) is 6.30. The first-order valence-electron chi connectivity index (χ1n) is 7.96. The molecule has 130 valence electrons. The maximum absolute atomic E-state index is 12.4. The molecule has 0 bridgehead atoms. The zero-order valence-electron chi connectivity index (χ0n) is 14.8. The average molecular weight is 340 g/mol. The number of amides is 1. The first-order chi connectivity index (χ1) is 10.6. The number of sulfonamides is 1. The number of carbonyl (C=O) groups excluding carboxylic acids is 1. The van der Waals surface area contributed by atoms with Crippen LogP contribution in [0.1, 0.15) is 40.2 Å². The van der Waals surface area contributed by atoms with Crippen LogP contribution in [-0.2, 0) is 21.2 Å². The Hall–Kier alpha value is -1.56. The molecule has 0 unspecified atom stereocenters. The van der Waals surface area contributed by atoms with Crippen LogP contribution in [0.5, 0.6) is 0 Å². The van der Waals surface area contributed by atoms with Gasteiger partial charge in [0.15, 0.2) is 0 Å². The lowest BCUT2D eigenvalue weighted by molar-refractivity contribution is -0.122. The number of benzene rings is 1. The smallest absolute Gasteiger partial charge is 0.243 e. The highest BCUT2D eigenvalue weighted by molar-refractivity contribution is 7.92. The molecule has 0 radical (unpaired) electrons. The number of rotatable bonds is 7. The molecule has 6 heteroatoms. The fraction of sp³-hybridized carbons (Fsp3) is 0.588. The van der Waals surface area contributed by atoms with Gasteiger partial charge >= 0.3 is 0 Å². The van der Waals surface area contributed by atoms with E-state index in [0.717, 1.165) is 18.2 Å². The van der Waals surface area contributed by atoms with E-state index in [-0.39, 0.29) is 17.9 Å². The lowest BCUT2D eigenvalue weighted by Gasteiger charge is -2.30. The second kappa shape index (κ2) is 7.81. The Morgan fingerprint density at radius 3 is 2.04 bits per heavy atom. The third kappa shape index (κ3) is 5.23. The van der Waals surface area contributed by atoms with Crippen LogP contribution < -0.4 is 9.62 Å². The van der Waals surface area contributed by atoms with E-state index in [1.165, 1.54) is 4.31 Å². The Labute approximate surface area is 140 Å². The number of carbonyl (C=O) groups is 1. The van der Waals surface area contributed by atoms with Crippen LogP contribution in [0.2, 0.25) is 0 Å². The monoisotopic (exact) mass is 340 g/mol. The van der Waals surface area contributed by atoms with Crippen molar-refractivity contribution < 1.29 is 13.2 Å². The lowest BCUT2D eigenvalue weighted by atomic mass is 10.1. The van der Waals surface area contributed by atoms with Crippen LogP contribution in [0.4, 0.5) is 5.69 Å². The van der Waals surface area contributed by atoms with Crippen LogP contribution in [-0.4, -0.2) is 32.7 Å².